The molecule has 1 saturated heterocycles. The Morgan fingerprint density at radius 1 is 1.19 bits per heavy atom. The van der Waals surface area contributed by atoms with Crippen molar-refractivity contribution in [2.24, 2.45) is 0 Å². The monoisotopic (exact) mass is 363 g/mol. The highest BCUT2D eigenvalue weighted by Gasteiger charge is 2.30. The number of amides is 1. The Kier molecular flexibility index (Phi) is 5.18. The van der Waals surface area contributed by atoms with Crippen LogP contribution in [0.3, 0.4) is 0 Å². The van der Waals surface area contributed by atoms with Crippen LogP contribution in [0, 0.1) is 0 Å². The van der Waals surface area contributed by atoms with E-state index < -0.39 is 11.7 Å². The Bertz CT molecular complexity index is 786. The number of hydrogen-bond acceptors (Lipinski definition) is 3. The number of nitrogens with one attached hydrogen (secondary N) is 2. The topological polar surface area (TPSA) is 44.4 Å². The molecule has 1 unspecified atom stereocenters. The van der Waals surface area contributed by atoms with E-state index in [0.29, 0.717) is 11.3 Å². The molecule has 4 nitrogen and oxygen atoms in total. The van der Waals surface area contributed by atoms with Gasteiger partial charge in [0, 0.05) is 25.3 Å². The molecular weight excluding hydrogens is 343 g/mol. The summed E-state index contributed by atoms with van der Waals surface area (Å²) in [6, 6.07) is 11.9. The second-order valence-corrected chi connectivity index (χ2v) is 6.31. The molecular formula is C19H20F3N3O. The zero-order valence-electron chi connectivity index (χ0n) is 14.3. The summed E-state index contributed by atoms with van der Waals surface area (Å²) in [4.78, 5) is 14.5. The smallest absolute Gasteiger partial charge is 0.355 e. The third-order valence-electron chi connectivity index (χ3n) is 4.53. The molecule has 0 aliphatic carbocycles. The van der Waals surface area contributed by atoms with Crippen LogP contribution in [0.1, 0.15) is 22.3 Å². The lowest BCUT2D eigenvalue weighted by Crippen LogP contribution is -2.38. The number of para-hydroxylation sites is 1. The van der Waals surface area contributed by atoms with Gasteiger partial charge in [-0.25, -0.2) is 0 Å². The lowest BCUT2D eigenvalue weighted by atomic mass is 10.1. The van der Waals surface area contributed by atoms with Gasteiger partial charge in [0.15, 0.2) is 0 Å². The van der Waals surface area contributed by atoms with E-state index in [9.17, 15) is 18.0 Å². The van der Waals surface area contributed by atoms with E-state index in [0.717, 1.165) is 31.6 Å². The standard InChI is InChI=1S/C19H20F3N3O/c1-25(15-9-10-23-12-15)18(26)16-7-2-3-8-17(16)24-14-6-4-5-13(11-14)19(20,21)22/h2-8,11,15,23-24H,9-10,12H2,1H3. The van der Waals surface area contributed by atoms with Crippen molar-refractivity contribution in [2.45, 2.75) is 18.6 Å². The first kappa shape index (κ1) is 18.3. The van der Waals surface area contributed by atoms with Gasteiger partial charge in [-0.15, -0.1) is 0 Å². The van der Waals surface area contributed by atoms with E-state index in [4.69, 9.17) is 0 Å². The van der Waals surface area contributed by atoms with Crippen molar-refractivity contribution in [3.8, 4) is 0 Å². The number of carbonyl (C=O) groups excluding carboxylic acids is 1. The maximum absolute atomic E-state index is 12.9. The average Bonchev–Trinajstić information content (AvgIpc) is 3.15. The molecule has 26 heavy (non-hydrogen) atoms. The van der Waals surface area contributed by atoms with Crippen LogP contribution in [0.2, 0.25) is 0 Å². The Balaban J connectivity index is 1.84. The summed E-state index contributed by atoms with van der Waals surface area (Å²) >= 11 is 0. The van der Waals surface area contributed by atoms with Gasteiger partial charge >= 0.3 is 6.18 Å². The van der Waals surface area contributed by atoms with Gasteiger partial charge in [0.1, 0.15) is 0 Å². The molecule has 0 radical (unpaired) electrons. The summed E-state index contributed by atoms with van der Waals surface area (Å²) in [5.41, 5.74) is 0.458. The molecule has 1 fully saturated rings. The minimum absolute atomic E-state index is 0.115. The predicted octanol–water partition coefficient (Wildman–Crippen LogP) is 3.88. The minimum Gasteiger partial charge on any atom is -0.355 e. The fourth-order valence-corrected chi connectivity index (χ4v) is 3.03. The van der Waals surface area contributed by atoms with Crippen LogP contribution in [0.5, 0.6) is 0 Å². The molecule has 0 aromatic heterocycles. The normalized spacial score (nSPS) is 17.2. The fraction of sp³-hybridized carbons (Fsp3) is 0.316. The number of anilines is 2. The van der Waals surface area contributed by atoms with E-state index in [1.54, 1.807) is 42.3 Å². The third-order valence-corrected chi connectivity index (χ3v) is 4.53. The first-order chi connectivity index (χ1) is 12.4. The first-order valence-electron chi connectivity index (χ1n) is 8.37. The minimum atomic E-state index is -4.41. The second kappa shape index (κ2) is 7.37. The van der Waals surface area contributed by atoms with Gasteiger partial charge in [-0.2, -0.15) is 13.2 Å². The van der Waals surface area contributed by atoms with Crippen molar-refractivity contribution >= 4 is 17.3 Å². The van der Waals surface area contributed by atoms with E-state index in [2.05, 4.69) is 10.6 Å². The number of alkyl halides is 3. The number of halogens is 3. The summed E-state index contributed by atoms with van der Waals surface area (Å²) in [5, 5.41) is 6.17. The Morgan fingerprint density at radius 3 is 2.65 bits per heavy atom. The molecule has 3 rings (SSSR count). The predicted molar refractivity (Wildman–Crippen MR) is 94.5 cm³/mol. The maximum Gasteiger partial charge on any atom is 0.416 e. The molecule has 2 N–H and O–H groups in total. The van der Waals surface area contributed by atoms with Gasteiger partial charge in [0.05, 0.1) is 16.8 Å². The summed E-state index contributed by atoms with van der Waals surface area (Å²) in [5.74, 6) is -0.159. The summed E-state index contributed by atoms with van der Waals surface area (Å²) in [6.07, 6.45) is -3.53. The maximum atomic E-state index is 12.9. The van der Waals surface area contributed by atoms with Crippen molar-refractivity contribution in [3.05, 3.63) is 59.7 Å². The Morgan fingerprint density at radius 2 is 1.96 bits per heavy atom. The number of carbonyl (C=O) groups is 1. The molecule has 1 aliphatic heterocycles. The van der Waals surface area contributed by atoms with Crippen molar-refractivity contribution in [1.82, 2.24) is 10.2 Å². The zero-order chi connectivity index (χ0) is 18.7. The molecule has 1 amide bonds. The van der Waals surface area contributed by atoms with Gasteiger partial charge in [-0.3, -0.25) is 4.79 Å². The van der Waals surface area contributed by atoms with Crippen LogP contribution in [-0.4, -0.2) is 37.0 Å². The number of nitrogens with zero attached hydrogens (tertiary/aromatic N) is 1. The van der Waals surface area contributed by atoms with E-state index >= 15 is 0 Å². The quantitative estimate of drug-likeness (QED) is 0.866. The van der Waals surface area contributed by atoms with Gasteiger partial charge in [0.25, 0.3) is 5.91 Å². The molecule has 138 valence electrons. The SMILES string of the molecule is CN(C(=O)c1ccccc1Nc1cccc(C(F)(F)F)c1)C1CCNC1. The van der Waals surface area contributed by atoms with Gasteiger partial charge in [-0.1, -0.05) is 18.2 Å². The number of likely N-dealkylation sites (N-methyl/N-ethyl adjacent to an activating group) is 1. The number of hydrogen-bond donors (Lipinski definition) is 2. The summed E-state index contributed by atoms with van der Waals surface area (Å²) in [6.45, 7) is 1.61. The Hall–Kier alpha value is -2.54. The van der Waals surface area contributed by atoms with E-state index in [-0.39, 0.29) is 17.6 Å². The van der Waals surface area contributed by atoms with Gasteiger partial charge in [-0.05, 0) is 43.3 Å². The first-order valence-corrected chi connectivity index (χ1v) is 8.37. The molecule has 1 atom stereocenters. The largest absolute Gasteiger partial charge is 0.416 e. The molecule has 0 saturated carbocycles. The van der Waals surface area contributed by atoms with Crippen LogP contribution in [-0.2, 0) is 6.18 Å². The molecule has 1 aliphatic rings. The highest BCUT2D eigenvalue weighted by atomic mass is 19.4. The lowest BCUT2D eigenvalue weighted by molar-refractivity contribution is -0.137. The van der Waals surface area contributed by atoms with E-state index in [1.165, 1.54) is 6.07 Å². The summed E-state index contributed by atoms with van der Waals surface area (Å²) < 4.78 is 38.7. The van der Waals surface area contributed by atoms with Crippen LogP contribution in [0.15, 0.2) is 48.5 Å². The molecule has 1 heterocycles. The fourth-order valence-electron chi connectivity index (χ4n) is 3.03. The van der Waals surface area contributed by atoms with Crippen molar-refractivity contribution < 1.29 is 18.0 Å². The molecule has 7 heteroatoms. The molecule has 2 aromatic carbocycles. The van der Waals surface area contributed by atoms with E-state index in [1.807, 2.05) is 0 Å². The molecule has 0 spiro atoms. The molecule has 2 aromatic rings. The van der Waals surface area contributed by atoms with Gasteiger partial charge in [0.2, 0.25) is 0 Å². The summed E-state index contributed by atoms with van der Waals surface area (Å²) in [7, 11) is 1.75. The Labute approximate surface area is 150 Å². The average molecular weight is 363 g/mol. The zero-order valence-corrected chi connectivity index (χ0v) is 14.3. The number of benzene rings is 2. The van der Waals surface area contributed by atoms with Crippen LogP contribution in [0.4, 0.5) is 24.5 Å². The van der Waals surface area contributed by atoms with Gasteiger partial charge < -0.3 is 15.5 Å². The second-order valence-electron chi connectivity index (χ2n) is 6.31. The van der Waals surface area contributed by atoms with Crippen molar-refractivity contribution in [2.75, 3.05) is 25.5 Å². The van der Waals surface area contributed by atoms with Crippen LogP contribution in [0.25, 0.3) is 0 Å². The van der Waals surface area contributed by atoms with Crippen LogP contribution >= 0.6 is 0 Å². The highest BCUT2D eigenvalue weighted by Crippen LogP contribution is 2.32. The van der Waals surface area contributed by atoms with Crippen molar-refractivity contribution in [1.29, 1.82) is 0 Å². The number of rotatable bonds is 4. The lowest BCUT2D eigenvalue weighted by Gasteiger charge is -2.25. The third kappa shape index (κ3) is 3.99. The van der Waals surface area contributed by atoms with Crippen molar-refractivity contribution in [3.63, 3.8) is 0 Å². The highest BCUT2D eigenvalue weighted by molar-refractivity contribution is 6.00. The van der Waals surface area contributed by atoms with Crippen LogP contribution < -0.4 is 10.6 Å². The molecule has 0 bridgehead atoms.